The molecule has 0 aliphatic carbocycles. The lowest BCUT2D eigenvalue weighted by molar-refractivity contribution is -0.142. The molecule has 7 nitrogen and oxygen atoms in total. The minimum Gasteiger partial charge on any atom is -0.485 e. The van der Waals surface area contributed by atoms with E-state index in [4.69, 9.17) is 15.2 Å². The molecule has 0 unspecified atom stereocenters. The topological polar surface area (TPSA) is 93.9 Å². The van der Waals surface area contributed by atoms with E-state index < -0.39 is 11.6 Å². The van der Waals surface area contributed by atoms with Crippen LogP contribution in [0.1, 0.15) is 56.0 Å². The number of carbonyl (C=O) groups is 2. The number of hydrogen-bond donors (Lipinski definition) is 2. The SMILES string of the molecule is CC(C)[C@H](N)C(=O)N[C@](C)(Cc1ccc(OCc2ccccc2)c(OCc2ccccc2)c1)C(=O)N(C)[C@H](C)c1cccc2ccccc12. The maximum Gasteiger partial charge on any atom is 0.248 e. The van der Waals surface area contributed by atoms with E-state index in [0.29, 0.717) is 24.7 Å². The van der Waals surface area contributed by atoms with Crippen LogP contribution in [0.3, 0.4) is 0 Å². The summed E-state index contributed by atoms with van der Waals surface area (Å²) in [5, 5.41) is 5.24. The average molecular weight is 658 g/mol. The van der Waals surface area contributed by atoms with Crippen molar-refractivity contribution in [3.63, 3.8) is 0 Å². The van der Waals surface area contributed by atoms with Crippen LogP contribution in [-0.2, 0) is 29.2 Å². The largest absolute Gasteiger partial charge is 0.485 e. The highest BCUT2D eigenvalue weighted by Gasteiger charge is 2.40. The van der Waals surface area contributed by atoms with Crippen LogP contribution in [-0.4, -0.2) is 35.3 Å². The predicted octanol–water partition coefficient (Wildman–Crippen LogP) is 7.62. The number of amides is 2. The second-order valence-corrected chi connectivity index (χ2v) is 13.3. The highest BCUT2D eigenvalue weighted by molar-refractivity contribution is 5.94. The van der Waals surface area contributed by atoms with Gasteiger partial charge in [0.1, 0.15) is 18.8 Å². The van der Waals surface area contributed by atoms with Gasteiger partial charge in [0.15, 0.2) is 11.5 Å². The number of ether oxygens (including phenoxy) is 2. The third-order valence-electron chi connectivity index (χ3n) is 9.11. The molecule has 0 fully saturated rings. The number of hydrogen-bond acceptors (Lipinski definition) is 5. The summed E-state index contributed by atoms with van der Waals surface area (Å²) in [6.07, 6.45) is 0.204. The Labute approximate surface area is 290 Å². The standard InChI is InChI=1S/C42H47N3O4/c1-29(2)39(43)40(46)44-42(4,41(47)45(5)30(3)35-22-14-20-34-19-12-13-21-36(34)35)26-33-23-24-37(48-27-31-15-8-6-9-16-31)38(25-33)49-28-32-17-10-7-11-18-32/h6-25,29-30,39H,26-28,43H2,1-5H3,(H,44,46)/t30-,39+,42-/m1/s1. The Kier molecular flexibility index (Phi) is 11.4. The molecule has 5 aromatic carbocycles. The molecule has 3 N–H and O–H groups in total. The van der Waals surface area contributed by atoms with Gasteiger partial charge in [-0.2, -0.15) is 0 Å². The smallest absolute Gasteiger partial charge is 0.248 e. The van der Waals surface area contributed by atoms with Crippen LogP contribution in [0.15, 0.2) is 121 Å². The lowest BCUT2D eigenvalue weighted by Gasteiger charge is -2.37. The van der Waals surface area contributed by atoms with Crippen molar-refractivity contribution in [1.29, 1.82) is 0 Å². The molecular formula is C42H47N3O4. The maximum absolute atomic E-state index is 14.6. The molecule has 7 heteroatoms. The normalized spacial score (nSPS) is 13.7. The van der Waals surface area contributed by atoms with Gasteiger partial charge in [0.05, 0.1) is 12.1 Å². The van der Waals surface area contributed by atoms with Gasteiger partial charge in [0.25, 0.3) is 0 Å². The predicted molar refractivity (Wildman–Crippen MR) is 196 cm³/mol. The average Bonchev–Trinajstić information content (AvgIpc) is 3.12. The molecule has 5 aromatic rings. The first kappa shape index (κ1) is 35.2. The first-order chi connectivity index (χ1) is 23.6. The van der Waals surface area contributed by atoms with Crippen molar-refractivity contribution in [2.24, 2.45) is 11.7 Å². The first-order valence-electron chi connectivity index (χ1n) is 16.8. The second-order valence-electron chi connectivity index (χ2n) is 13.3. The van der Waals surface area contributed by atoms with Crippen molar-refractivity contribution < 1.29 is 19.1 Å². The summed E-state index contributed by atoms with van der Waals surface area (Å²) in [6.45, 7) is 8.28. The molecule has 2 amide bonds. The van der Waals surface area contributed by atoms with Crippen molar-refractivity contribution in [2.75, 3.05) is 7.05 Å². The third-order valence-corrected chi connectivity index (χ3v) is 9.11. The Morgan fingerprint density at radius 3 is 1.94 bits per heavy atom. The number of nitrogens with two attached hydrogens (primary N) is 1. The molecule has 49 heavy (non-hydrogen) atoms. The summed E-state index contributed by atoms with van der Waals surface area (Å²) in [4.78, 5) is 29.8. The summed E-state index contributed by atoms with van der Waals surface area (Å²) in [7, 11) is 1.79. The van der Waals surface area contributed by atoms with E-state index in [9.17, 15) is 9.59 Å². The minimum absolute atomic E-state index is 0.106. The molecule has 0 aromatic heterocycles. The number of rotatable bonds is 14. The van der Waals surface area contributed by atoms with Gasteiger partial charge in [-0.3, -0.25) is 9.59 Å². The van der Waals surface area contributed by atoms with Crippen LogP contribution in [0, 0.1) is 5.92 Å². The van der Waals surface area contributed by atoms with E-state index in [1.54, 1.807) is 18.9 Å². The van der Waals surface area contributed by atoms with Gasteiger partial charge < -0.3 is 25.4 Å². The van der Waals surface area contributed by atoms with E-state index in [-0.39, 0.29) is 30.2 Å². The van der Waals surface area contributed by atoms with E-state index >= 15 is 0 Å². The van der Waals surface area contributed by atoms with E-state index in [1.807, 2.05) is 124 Å². The van der Waals surface area contributed by atoms with E-state index in [1.165, 1.54) is 0 Å². The van der Waals surface area contributed by atoms with Crippen LogP contribution in [0.2, 0.25) is 0 Å². The van der Waals surface area contributed by atoms with Gasteiger partial charge >= 0.3 is 0 Å². The monoisotopic (exact) mass is 657 g/mol. The van der Waals surface area contributed by atoms with Crippen molar-refractivity contribution in [2.45, 2.75) is 65.0 Å². The Bertz CT molecular complexity index is 1860. The Balaban J connectivity index is 1.46. The number of benzene rings is 5. The molecule has 0 saturated carbocycles. The summed E-state index contributed by atoms with van der Waals surface area (Å²) in [5.74, 6) is 0.429. The van der Waals surface area contributed by atoms with Crippen molar-refractivity contribution in [3.05, 3.63) is 144 Å². The van der Waals surface area contributed by atoms with Gasteiger partial charge in [0, 0.05) is 13.5 Å². The highest BCUT2D eigenvalue weighted by Crippen LogP contribution is 2.33. The van der Waals surface area contributed by atoms with Crippen molar-refractivity contribution in [3.8, 4) is 11.5 Å². The quantitative estimate of drug-likeness (QED) is 0.128. The fraction of sp³-hybridized carbons (Fsp3) is 0.286. The fourth-order valence-corrected chi connectivity index (χ4v) is 5.99. The van der Waals surface area contributed by atoms with Crippen molar-refractivity contribution in [1.82, 2.24) is 10.2 Å². The molecule has 0 radical (unpaired) electrons. The molecular weight excluding hydrogens is 610 g/mol. The zero-order valence-corrected chi connectivity index (χ0v) is 29.1. The molecule has 254 valence electrons. The Hall–Kier alpha value is -5.14. The third kappa shape index (κ3) is 8.67. The lowest BCUT2D eigenvalue weighted by atomic mass is 9.88. The van der Waals surface area contributed by atoms with Crippen LogP contribution in [0.25, 0.3) is 10.8 Å². The summed E-state index contributed by atoms with van der Waals surface area (Å²) in [5.41, 5.74) is 8.85. The minimum atomic E-state index is -1.32. The van der Waals surface area contributed by atoms with Crippen LogP contribution in [0.5, 0.6) is 11.5 Å². The molecule has 3 atom stereocenters. The van der Waals surface area contributed by atoms with Gasteiger partial charge in [0.2, 0.25) is 11.8 Å². The number of carbonyl (C=O) groups excluding carboxylic acids is 2. The Morgan fingerprint density at radius 1 is 0.735 bits per heavy atom. The molecule has 5 rings (SSSR count). The number of likely N-dealkylation sites (N-methyl/N-ethyl adjacent to an activating group) is 1. The van der Waals surface area contributed by atoms with E-state index in [0.717, 1.165) is 33.0 Å². The fourth-order valence-electron chi connectivity index (χ4n) is 5.99. The number of fused-ring (bicyclic) bond motifs is 1. The lowest BCUT2D eigenvalue weighted by Crippen LogP contribution is -2.61. The first-order valence-corrected chi connectivity index (χ1v) is 16.8. The molecule has 0 aliphatic rings. The van der Waals surface area contributed by atoms with Crippen LogP contribution in [0.4, 0.5) is 0 Å². The zero-order valence-electron chi connectivity index (χ0n) is 29.1. The van der Waals surface area contributed by atoms with Crippen LogP contribution < -0.4 is 20.5 Å². The second kappa shape index (κ2) is 15.8. The number of nitrogens with one attached hydrogen (secondary N) is 1. The van der Waals surface area contributed by atoms with Gasteiger partial charge in [-0.15, -0.1) is 0 Å². The molecule has 0 heterocycles. The molecule has 0 aliphatic heterocycles. The van der Waals surface area contributed by atoms with Crippen molar-refractivity contribution >= 4 is 22.6 Å². The zero-order chi connectivity index (χ0) is 35.0. The van der Waals surface area contributed by atoms with Gasteiger partial charge in [-0.25, -0.2) is 0 Å². The van der Waals surface area contributed by atoms with Gasteiger partial charge in [-0.05, 0) is 64.9 Å². The number of nitrogens with zero attached hydrogens (tertiary/aromatic N) is 1. The summed E-state index contributed by atoms with van der Waals surface area (Å²) in [6, 6.07) is 38.8. The summed E-state index contributed by atoms with van der Waals surface area (Å²) >= 11 is 0. The van der Waals surface area contributed by atoms with E-state index in [2.05, 4.69) is 23.5 Å². The molecule has 0 bridgehead atoms. The molecule has 0 saturated heterocycles. The van der Waals surface area contributed by atoms with Gasteiger partial charge in [-0.1, -0.05) is 123 Å². The maximum atomic E-state index is 14.6. The highest BCUT2D eigenvalue weighted by atomic mass is 16.5. The summed E-state index contributed by atoms with van der Waals surface area (Å²) < 4.78 is 12.6. The van der Waals surface area contributed by atoms with Crippen LogP contribution >= 0.6 is 0 Å². The molecule has 0 spiro atoms. The Morgan fingerprint density at radius 2 is 1.31 bits per heavy atom.